The third kappa shape index (κ3) is 4.20. The molecule has 1 aromatic rings. The first-order valence-electron chi connectivity index (χ1n) is 6.06. The van der Waals surface area contributed by atoms with E-state index >= 15 is 0 Å². The topological polar surface area (TPSA) is 126 Å². The fourth-order valence-corrected chi connectivity index (χ4v) is 1.69. The number of hydrogen-bond donors (Lipinski definition) is 4. The first-order valence-corrected chi connectivity index (χ1v) is 6.44. The Morgan fingerprint density at radius 1 is 1.50 bits per heavy atom. The zero-order valence-electron chi connectivity index (χ0n) is 11.4. The summed E-state index contributed by atoms with van der Waals surface area (Å²) in [6, 6.07) is 0. The predicted octanol–water partition coefficient (Wildman–Crippen LogP) is 1.62. The molecular weight excluding hydrogens is 278 g/mol. The van der Waals surface area contributed by atoms with Gasteiger partial charge >= 0.3 is 0 Å². The minimum Gasteiger partial charge on any atom is -0.403 e. The Morgan fingerprint density at radius 2 is 2.20 bits per heavy atom. The predicted molar refractivity (Wildman–Crippen MR) is 83.4 cm³/mol. The number of anilines is 2. The fraction of sp³-hybridized carbons (Fsp3) is 0.333. The molecule has 0 aromatic carbocycles. The maximum Gasteiger partial charge on any atom is 0.229 e. The molecule has 0 saturated heterocycles. The molecule has 0 atom stereocenters. The van der Waals surface area contributed by atoms with Crippen LogP contribution in [0.15, 0.2) is 16.9 Å². The molecule has 0 unspecified atom stereocenters. The zero-order chi connectivity index (χ0) is 15.1. The number of aliphatic imine (C=N–C) groups is 1. The molecule has 0 fully saturated rings. The minimum absolute atomic E-state index is 0.141. The van der Waals surface area contributed by atoms with E-state index in [1.807, 2.05) is 6.92 Å². The van der Waals surface area contributed by atoms with Crippen molar-refractivity contribution < 1.29 is 0 Å². The molecule has 0 bridgehead atoms. The number of nitrogens with one attached hydrogen (secondary N) is 2. The van der Waals surface area contributed by atoms with Gasteiger partial charge in [0.15, 0.2) is 0 Å². The number of nitrogen functional groups attached to an aromatic ring is 1. The molecule has 6 N–H and O–H groups in total. The molecule has 20 heavy (non-hydrogen) atoms. The first-order chi connectivity index (χ1) is 9.49. The third-order valence-electron chi connectivity index (χ3n) is 2.36. The van der Waals surface area contributed by atoms with Gasteiger partial charge in [-0.1, -0.05) is 18.5 Å². The Kier molecular flexibility index (Phi) is 5.92. The molecule has 108 valence electrons. The van der Waals surface area contributed by atoms with E-state index in [9.17, 15) is 0 Å². The van der Waals surface area contributed by atoms with Crippen molar-refractivity contribution >= 4 is 34.8 Å². The third-order valence-corrected chi connectivity index (χ3v) is 2.55. The van der Waals surface area contributed by atoms with Crippen molar-refractivity contribution in [2.75, 3.05) is 17.6 Å². The number of hydrogen-bond acceptors (Lipinski definition) is 7. The molecule has 0 radical (unpaired) electrons. The lowest BCUT2D eigenvalue weighted by atomic mass is 10.2. The van der Waals surface area contributed by atoms with Gasteiger partial charge in [-0.05, 0) is 13.3 Å². The summed E-state index contributed by atoms with van der Waals surface area (Å²) < 4.78 is 0. The molecule has 0 aliphatic rings. The number of aryl methyl sites for hydroxylation is 1. The Morgan fingerprint density at radius 3 is 2.70 bits per heavy atom. The van der Waals surface area contributed by atoms with Gasteiger partial charge in [0.1, 0.15) is 11.0 Å². The summed E-state index contributed by atoms with van der Waals surface area (Å²) in [5, 5.41) is 10.1. The Labute approximate surface area is 122 Å². The molecule has 1 heterocycles. The van der Waals surface area contributed by atoms with Gasteiger partial charge in [0.05, 0.1) is 17.0 Å². The van der Waals surface area contributed by atoms with Gasteiger partial charge in [0.25, 0.3) is 0 Å². The molecule has 7 nitrogen and oxygen atoms in total. The van der Waals surface area contributed by atoms with Gasteiger partial charge in [-0.3, -0.25) is 10.4 Å². The van der Waals surface area contributed by atoms with E-state index in [2.05, 4.69) is 20.3 Å². The normalized spacial score (nSPS) is 11.8. The van der Waals surface area contributed by atoms with Crippen molar-refractivity contribution in [1.29, 1.82) is 5.41 Å². The highest BCUT2D eigenvalue weighted by atomic mass is 35.5. The van der Waals surface area contributed by atoms with E-state index in [1.54, 1.807) is 13.1 Å². The van der Waals surface area contributed by atoms with Gasteiger partial charge in [0, 0.05) is 19.0 Å². The lowest BCUT2D eigenvalue weighted by molar-refractivity contribution is 0.936. The van der Waals surface area contributed by atoms with Crippen molar-refractivity contribution in [2.45, 2.75) is 20.3 Å². The van der Waals surface area contributed by atoms with Crippen LogP contribution in [0.3, 0.4) is 0 Å². The van der Waals surface area contributed by atoms with Crippen LogP contribution in [0, 0.1) is 12.3 Å². The van der Waals surface area contributed by atoms with Crippen LogP contribution in [0.5, 0.6) is 0 Å². The van der Waals surface area contributed by atoms with Gasteiger partial charge < -0.3 is 16.8 Å². The smallest absolute Gasteiger partial charge is 0.229 e. The second-order valence-electron chi connectivity index (χ2n) is 3.99. The molecule has 8 heteroatoms. The largest absolute Gasteiger partial charge is 0.403 e. The molecule has 1 aromatic heterocycles. The Hall–Kier alpha value is -2.15. The zero-order valence-corrected chi connectivity index (χ0v) is 12.2. The van der Waals surface area contributed by atoms with Crippen molar-refractivity contribution in [2.24, 2.45) is 10.7 Å². The van der Waals surface area contributed by atoms with Gasteiger partial charge in [-0.25, -0.2) is 4.98 Å². The molecule has 0 amide bonds. The molecular formula is C12H18ClN7. The number of halogens is 1. The lowest BCUT2D eigenvalue weighted by Gasteiger charge is -2.10. The highest BCUT2D eigenvalue weighted by Gasteiger charge is 2.12. The quantitative estimate of drug-likeness (QED) is 0.593. The van der Waals surface area contributed by atoms with E-state index in [0.29, 0.717) is 23.5 Å². The van der Waals surface area contributed by atoms with Crippen LogP contribution in [-0.4, -0.2) is 27.9 Å². The Bertz CT molecular complexity index is 528. The average molecular weight is 296 g/mol. The van der Waals surface area contributed by atoms with Crippen LogP contribution in [-0.2, 0) is 0 Å². The first kappa shape index (κ1) is 15.9. The number of nitrogens with two attached hydrogens (primary N) is 2. The fourth-order valence-electron chi connectivity index (χ4n) is 1.46. The van der Waals surface area contributed by atoms with E-state index in [4.69, 9.17) is 28.5 Å². The number of nitrogens with zero attached hydrogens (tertiary/aromatic N) is 3. The lowest BCUT2D eigenvalue weighted by Crippen LogP contribution is -2.12. The van der Waals surface area contributed by atoms with Crippen LogP contribution in [0.25, 0.3) is 0 Å². The number of aromatic nitrogens is 2. The SMILES string of the molecule is CCCN=CC(=CN)Nc1nc(C)c(C(=N)Cl)c(N)n1. The van der Waals surface area contributed by atoms with Gasteiger partial charge in [-0.15, -0.1) is 0 Å². The molecule has 1 rings (SSSR count). The molecule has 0 aliphatic heterocycles. The number of rotatable bonds is 6. The van der Waals surface area contributed by atoms with E-state index in [-0.39, 0.29) is 16.9 Å². The summed E-state index contributed by atoms with van der Waals surface area (Å²) in [7, 11) is 0. The van der Waals surface area contributed by atoms with Crippen molar-refractivity contribution in [3.05, 3.63) is 23.2 Å². The molecule has 0 saturated carbocycles. The Balaban J connectivity index is 2.96. The number of allylic oxidation sites excluding steroid dienone is 1. The van der Waals surface area contributed by atoms with Gasteiger partial charge in [-0.2, -0.15) is 4.98 Å². The van der Waals surface area contributed by atoms with Crippen LogP contribution in [0.1, 0.15) is 24.6 Å². The molecule has 0 aliphatic carbocycles. The van der Waals surface area contributed by atoms with Crippen molar-refractivity contribution in [3.63, 3.8) is 0 Å². The van der Waals surface area contributed by atoms with Crippen LogP contribution < -0.4 is 16.8 Å². The van der Waals surface area contributed by atoms with E-state index in [0.717, 1.165) is 6.42 Å². The van der Waals surface area contributed by atoms with Crippen LogP contribution in [0.2, 0.25) is 0 Å². The summed E-state index contributed by atoms with van der Waals surface area (Å²) in [4.78, 5) is 12.4. The maximum atomic E-state index is 7.41. The highest BCUT2D eigenvalue weighted by molar-refractivity contribution is 6.69. The monoisotopic (exact) mass is 295 g/mol. The van der Waals surface area contributed by atoms with Crippen LogP contribution in [0.4, 0.5) is 11.8 Å². The van der Waals surface area contributed by atoms with E-state index in [1.165, 1.54) is 6.20 Å². The summed E-state index contributed by atoms with van der Waals surface area (Å²) in [5.74, 6) is 0.420. The van der Waals surface area contributed by atoms with Crippen molar-refractivity contribution in [3.8, 4) is 0 Å². The average Bonchev–Trinajstić information content (AvgIpc) is 2.36. The highest BCUT2D eigenvalue weighted by Crippen LogP contribution is 2.17. The van der Waals surface area contributed by atoms with Crippen molar-refractivity contribution in [1.82, 2.24) is 9.97 Å². The summed E-state index contributed by atoms with van der Waals surface area (Å²) >= 11 is 5.63. The minimum atomic E-state index is -0.189. The summed E-state index contributed by atoms with van der Waals surface area (Å²) in [6.45, 7) is 4.44. The second-order valence-corrected chi connectivity index (χ2v) is 4.37. The van der Waals surface area contributed by atoms with Gasteiger partial charge in [0.2, 0.25) is 5.95 Å². The molecule has 0 spiro atoms. The summed E-state index contributed by atoms with van der Waals surface area (Å²) in [6.07, 6.45) is 3.92. The maximum absolute atomic E-state index is 7.41. The van der Waals surface area contributed by atoms with E-state index < -0.39 is 0 Å². The standard InChI is InChI=1S/C12H18ClN7/c1-3-4-17-6-8(5-14)19-12-18-7(2)9(10(13)15)11(16)20-12/h5-6,15H,3-4,14H2,1-2H3,(H3,16,18,19,20). The summed E-state index contributed by atoms with van der Waals surface area (Å²) in [5.41, 5.74) is 12.7. The second kappa shape index (κ2) is 7.44. The van der Waals surface area contributed by atoms with Crippen LogP contribution >= 0.6 is 11.6 Å².